The number of amides is 1. The molecule has 0 aliphatic rings. The molecule has 0 unspecified atom stereocenters. The second kappa shape index (κ2) is 8.41. The molecule has 0 aliphatic carbocycles. The first-order chi connectivity index (χ1) is 11.9. The summed E-state index contributed by atoms with van der Waals surface area (Å²) in [6.45, 7) is 1.48. The van der Waals surface area contributed by atoms with Crippen molar-refractivity contribution < 1.29 is 14.5 Å². The van der Waals surface area contributed by atoms with Crippen LogP contribution in [0.2, 0.25) is 5.02 Å². The van der Waals surface area contributed by atoms with Crippen molar-refractivity contribution in [3.8, 4) is 5.75 Å². The van der Waals surface area contributed by atoms with Crippen molar-refractivity contribution in [2.75, 3.05) is 11.9 Å². The van der Waals surface area contributed by atoms with E-state index in [1.54, 1.807) is 37.3 Å². The number of anilines is 1. The van der Waals surface area contributed by atoms with Gasteiger partial charge in [-0.05, 0) is 36.8 Å². The topological polar surface area (TPSA) is 93.5 Å². The molecular formula is C16H14ClN3O4S. The molecule has 7 nitrogen and oxygen atoms in total. The molecule has 0 aliphatic heterocycles. The summed E-state index contributed by atoms with van der Waals surface area (Å²) in [4.78, 5) is 22.2. The third-order valence-electron chi connectivity index (χ3n) is 3.13. The average Bonchev–Trinajstić information content (AvgIpc) is 2.55. The van der Waals surface area contributed by atoms with Gasteiger partial charge in [0, 0.05) is 17.8 Å². The molecule has 25 heavy (non-hydrogen) atoms. The van der Waals surface area contributed by atoms with Gasteiger partial charge in [-0.15, -0.1) is 0 Å². The molecule has 0 radical (unpaired) electrons. The molecule has 0 aromatic heterocycles. The number of nitro benzene ring substituents is 1. The van der Waals surface area contributed by atoms with Crippen LogP contribution in [0.3, 0.4) is 0 Å². The Bertz CT molecular complexity index is 829. The van der Waals surface area contributed by atoms with E-state index in [0.717, 1.165) is 5.56 Å². The number of hydrogen-bond acceptors (Lipinski definition) is 5. The number of aryl methyl sites for hydroxylation is 1. The maximum absolute atomic E-state index is 11.9. The number of ether oxygens (including phenoxy) is 1. The van der Waals surface area contributed by atoms with Crippen LogP contribution in [-0.2, 0) is 4.79 Å². The van der Waals surface area contributed by atoms with E-state index >= 15 is 0 Å². The summed E-state index contributed by atoms with van der Waals surface area (Å²) in [5.74, 6) is -0.103. The van der Waals surface area contributed by atoms with Crippen molar-refractivity contribution >= 4 is 46.2 Å². The van der Waals surface area contributed by atoms with Crippen molar-refractivity contribution in [2.24, 2.45) is 0 Å². The monoisotopic (exact) mass is 379 g/mol. The van der Waals surface area contributed by atoms with Crippen LogP contribution in [0, 0.1) is 17.0 Å². The van der Waals surface area contributed by atoms with Gasteiger partial charge in [0.1, 0.15) is 5.75 Å². The lowest BCUT2D eigenvalue weighted by atomic mass is 10.2. The molecule has 0 saturated carbocycles. The van der Waals surface area contributed by atoms with E-state index in [-0.39, 0.29) is 17.4 Å². The zero-order valence-corrected chi connectivity index (χ0v) is 14.7. The summed E-state index contributed by atoms with van der Waals surface area (Å²) in [5.41, 5.74) is 1.10. The van der Waals surface area contributed by atoms with Gasteiger partial charge in [-0.1, -0.05) is 29.8 Å². The Labute approximate surface area is 154 Å². The van der Waals surface area contributed by atoms with Gasteiger partial charge in [0.05, 0.1) is 9.95 Å². The van der Waals surface area contributed by atoms with Crippen LogP contribution in [0.1, 0.15) is 5.56 Å². The normalized spacial score (nSPS) is 10.0. The van der Waals surface area contributed by atoms with Gasteiger partial charge in [-0.25, -0.2) is 0 Å². The molecule has 9 heteroatoms. The molecule has 130 valence electrons. The predicted molar refractivity (Wildman–Crippen MR) is 99.1 cm³/mol. The third kappa shape index (κ3) is 5.40. The average molecular weight is 380 g/mol. The molecule has 2 rings (SSSR count). The second-order valence-electron chi connectivity index (χ2n) is 4.98. The number of carbonyl (C=O) groups excluding carboxylic acids is 1. The Morgan fingerprint density at radius 2 is 2.04 bits per heavy atom. The highest BCUT2D eigenvalue weighted by Crippen LogP contribution is 2.23. The molecule has 1 amide bonds. The number of nitrogens with zero attached hydrogens (tertiary/aromatic N) is 1. The van der Waals surface area contributed by atoms with E-state index in [1.807, 2.05) is 0 Å². The molecule has 0 atom stereocenters. The quantitative estimate of drug-likeness (QED) is 0.469. The highest BCUT2D eigenvalue weighted by Gasteiger charge is 2.12. The predicted octanol–water partition coefficient (Wildman–Crippen LogP) is 3.45. The van der Waals surface area contributed by atoms with E-state index in [2.05, 4.69) is 10.6 Å². The number of nitro groups is 1. The van der Waals surface area contributed by atoms with Crippen molar-refractivity contribution in [3.05, 3.63) is 63.2 Å². The van der Waals surface area contributed by atoms with Gasteiger partial charge in [-0.3, -0.25) is 20.2 Å². The zero-order chi connectivity index (χ0) is 18.4. The Kier molecular flexibility index (Phi) is 6.26. The van der Waals surface area contributed by atoms with Gasteiger partial charge in [0.15, 0.2) is 11.7 Å². The lowest BCUT2D eigenvalue weighted by molar-refractivity contribution is -0.384. The molecular weight excluding hydrogens is 366 g/mol. The lowest BCUT2D eigenvalue weighted by Gasteiger charge is -2.12. The van der Waals surface area contributed by atoms with Gasteiger partial charge >= 0.3 is 0 Å². The first-order valence-corrected chi connectivity index (χ1v) is 7.88. The van der Waals surface area contributed by atoms with E-state index in [1.165, 1.54) is 12.1 Å². The highest BCUT2D eigenvalue weighted by molar-refractivity contribution is 7.80. The van der Waals surface area contributed by atoms with Gasteiger partial charge in [0.2, 0.25) is 0 Å². The Hall–Kier alpha value is -2.71. The first-order valence-electron chi connectivity index (χ1n) is 7.10. The van der Waals surface area contributed by atoms with Crippen LogP contribution in [0.4, 0.5) is 11.4 Å². The van der Waals surface area contributed by atoms with Gasteiger partial charge < -0.3 is 10.1 Å². The SMILES string of the molecule is Cc1ccc([N+](=O)[O-])cc1NC(=S)NC(=O)COc1ccccc1Cl. The fourth-order valence-electron chi connectivity index (χ4n) is 1.88. The highest BCUT2D eigenvalue weighted by atomic mass is 35.5. The summed E-state index contributed by atoms with van der Waals surface area (Å²) in [6, 6.07) is 11.1. The summed E-state index contributed by atoms with van der Waals surface area (Å²) < 4.78 is 5.30. The lowest BCUT2D eigenvalue weighted by Crippen LogP contribution is -2.37. The standard InChI is InChI=1S/C16H14ClN3O4S/c1-10-6-7-11(20(22)23)8-13(10)18-16(25)19-15(21)9-24-14-5-3-2-4-12(14)17/h2-8H,9H2,1H3,(H2,18,19,21,25). The Balaban J connectivity index is 1.92. The fourth-order valence-corrected chi connectivity index (χ4v) is 2.29. The van der Waals surface area contributed by atoms with Crippen LogP contribution < -0.4 is 15.4 Å². The van der Waals surface area contributed by atoms with Crippen molar-refractivity contribution in [1.82, 2.24) is 5.32 Å². The molecule has 0 fully saturated rings. The van der Waals surface area contributed by atoms with Gasteiger partial charge in [0.25, 0.3) is 11.6 Å². The van der Waals surface area contributed by atoms with Crippen LogP contribution in [-0.4, -0.2) is 22.5 Å². The number of hydrogen-bond donors (Lipinski definition) is 2. The number of thiocarbonyl (C=S) groups is 1. The molecule has 0 spiro atoms. The number of rotatable bonds is 5. The van der Waals surface area contributed by atoms with Crippen LogP contribution in [0.15, 0.2) is 42.5 Å². The Morgan fingerprint density at radius 1 is 1.32 bits per heavy atom. The number of nitrogens with one attached hydrogen (secondary N) is 2. The van der Waals surface area contributed by atoms with Crippen LogP contribution >= 0.6 is 23.8 Å². The third-order valence-corrected chi connectivity index (χ3v) is 3.64. The van der Waals surface area contributed by atoms with E-state index in [4.69, 9.17) is 28.6 Å². The number of halogens is 1. The maximum Gasteiger partial charge on any atom is 0.271 e. The molecule has 2 aromatic carbocycles. The van der Waals surface area contributed by atoms with Crippen molar-refractivity contribution in [1.29, 1.82) is 0 Å². The van der Waals surface area contributed by atoms with Crippen LogP contribution in [0.5, 0.6) is 5.75 Å². The van der Waals surface area contributed by atoms with E-state index in [0.29, 0.717) is 16.5 Å². The van der Waals surface area contributed by atoms with Crippen molar-refractivity contribution in [2.45, 2.75) is 6.92 Å². The molecule has 2 aromatic rings. The van der Waals surface area contributed by atoms with Gasteiger partial charge in [-0.2, -0.15) is 0 Å². The number of para-hydroxylation sites is 1. The molecule has 0 heterocycles. The summed E-state index contributed by atoms with van der Waals surface area (Å²) in [7, 11) is 0. The van der Waals surface area contributed by atoms with Crippen molar-refractivity contribution in [3.63, 3.8) is 0 Å². The number of carbonyl (C=O) groups is 1. The van der Waals surface area contributed by atoms with E-state index < -0.39 is 10.8 Å². The second-order valence-corrected chi connectivity index (χ2v) is 5.79. The zero-order valence-electron chi connectivity index (χ0n) is 13.1. The van der Waals surface area contributed by atoms with Crippen LogP contribution in [0.25, 0.3) is 0 Å². The summed E-state index contributed by atoms with van der Waals surface area (Å²) in [5, 5.41) is 16.4. The number of benzene rings is 2. The fraction of sp³-hybridized carbons (Fsp3) is 0.125. The van der Waals surface area contributed by atoms with E-state index in [9.17, 15) is 14.9 Å². The Morgan fingerprint density at radius 3 is 2.72 bits per heavy atom. The molecule has 0 saturated heterocycles. The minimum absolute atomic E-state index is 0.0105. The first kappa shape index (κ1) is 18.6. The largest absolute Gasteiger partial charge is 0.482 e. The molecule has 0 bridgehead atoms. The number of non-ortho nitro benzene ring substituents is 1. The maximum atomic E-state index is 11.9. The minimum atomic E-state index is -0.510. The molecule has 2 N–H and O–H groups in total. The summed E-state index contributed by atoms with van der Waals surface area (Å²) in [6.07, 6.45) is 0. The smallest absolute Gasteiger partial charge is 0.271 e. The summed E-state index contributed by atoms with van der Waals surface area (Å²) >= 11 is 11.0. The minimum Gasteiger partial charge on any atom is -0.482 e.